The molecule has 6 nitrogen and oxygen atoms in total. The average molecular weight is 402 g/mol. The highest BCUT2D eigenvalue weighted by molar-refractivity contribution is 6.46. The lowest BCUT2D eigenvalue weighted by atomic mass is 9.95. The molecule has 1 fully saturated rings. The van der Waals surface area contributed by atoms with E-state index in [9.17, 15) is 14.7 Å². The van der Waals surface area contributed by atoms with Gasteiger partial charge in [0.2, 0.25) is 0 Å². The van der Waals surface area contributed by atoms with Crippen LogP contribution in [0.3, 0.4) is 0 Å². The Hall–Kier alpha value is -2.67. The fraction of sp³-hybridized carbons (Fsp3) is 0.238. The second-order valence-electron chi connectivity index (χ2n) is 6.25. The topological polar surface area (TPSA) is 87.1 Å². The van der Waals surface area contributed by atoms with Crippen molar-refractivity contribution in [3.8, 4) is 0 Å². The van der Waals surface area contributed by atoms with Crippen molar-refractivity contribution in [3.63, 3.8) is 0 Å². The molecule has 0 aromatic heterocycles. The van der Waals surface area contributed by atoms with Gasteiger partial charge in [-0.05, 0) is 17.7 Å². The van der Waals surface area contributed by atoms with Gasteiger partial charge in [-0.3, -0.25) is 9.59 Å². The van der Waals surface area contributed by atoms with E-state index in [4.69, 9.17) is 21.4 Å². The predicted molar refractivity (Wildman–Crippen MR) is 105 cm³/mol. The molecular formula is C21H20ClNO5. The van der Waals surface area contributed by atoms with Gasteiger partial charge in [-0.2, -0.15) is 0 Å². The van der Waals surface area contributed by atoms with Crippen molar-refractivity contribution in [2.75, 3.05) is 26.4 Å². The summed E-state index contributed by atoms with van der Waals surface area (Å²) in [5.74, 6) is -1.67. The van der Waals surface area contributed by atoms with Crippen molar-refractivity contribution in [3.05, 3.63) is 76.3 Å². The minimum absolute atomic E-state index is 0.0284. The molecule has 7 heteroatoms. The van der Waals surface area contributed by atoms with Crippen LogP contribution in [0.2, 0.25) is 5.02 Å². The number of aliphatic hydroxyl groups excluding tert-OH is 2. The molecule has 1 amide bonds. The summed E-state index contributed by atoms with van der Waals surface area (Å²) in [4.78, 5) is 26.8. The molecule has 28 heavy (non-hydrogen) atoms. The summed E-state index contributed by atoms with van der Waals surface area (Å²) < 4.78 is 5.26. The average Bonchev–Trinajstić information content (AvgIpc) is 2.97. The molecule has 2 aromatic carbocycles. The SMILES string of the molecule is O=C1C(=O)N(CCOCCO)C(c2ccc(Cl)cc2)/C1=C(\O)c1ccccc1. The number of halogens is 1. The monoisotopic (exact) mass is 401 g/mol. The first-order valence-electron chi connectivity index (χ1n) is 8.82. The van der Waals surface area contributed by atoms with Gasteiger partial charge in [-0.25, -0.2) is 0 Å². The summed E-state index contributed by atoms with van der Waals surface area (Å²) in [6.07, 6.45) is 0. The third-order valence-electron chi connectivity index (χ3n) is 4.49. The molecule has 146 valence electrons. The van der Waals surface area contributed by atoms with Crippen molar-refractivity contribution < 1.29 is 24.5 Å². The number of carbonyl (C=O) groups is 2. The number of benzene rings is 2. The Morgan fingerprint density at radius 1 is 1.04 bits per heavy atom. The van der Waals surface area contributed by atoms with Gasteiger partial charge in [-0.15, -0.1) is 0 Å². The molecule has 0 aliphatic carbocycles. The summed E-state index contributed by atoms with van der Waals surface area (Å²) in [6.45, 7) is 0.305. The van der Waals surface area contributed by atoms with E-state index in [1.54, 1.807) is 54.6 Å². The molecule has 1 aliphatic heterocycles. The molecule has 1 heterocycles. The number of likely N-dealkylation sites (tertiary alicyclic amines) is 1. The highest BCUT2D eigenvalue weighted by atomic mass is 35.5. The zero-order chi connectivity index (χ0) is 20.1. The number of ether oxygens (including phenoxy) is 1. The van der Waals surface area contributed by atoms with Gasteiger partial charge < -0.3 is 19.8 Å². The van der Waals surface area contributed by atoms with Crippen LogP contribution in [0.4, 0.5) is 0 Å². The standard InChI is InChI=1S/C21H20ClNO5/c22-16-8-6-14(7-9-16)18-17(19(25)15-4-2-1-3-5-15)20(26)21(27)23(18)10-12-28-13-11-24/h1-9,18,24-25H,10-13H2/b19-17+. The Labute approximate surface area is 167 Å². The van der Waals surface area contributed by atoms with E-state index >= 15 is 0 Å². The number of amides is 1. The predicted octanol–water partition coefficient (Wildman–Crippen LogP) is 2.77. The first kappa shape index (κ1) is 20.1. The number of Topliss-reactive ketones (excluding diaryl/α,β-unsaturated/α-hetero) is 1. The fourth-order valence-corrected chi connectivity index (χ4v) is 3.31. The number of carbonyl (C=O) groups excluding carboxylic acids is 2. The van der Waals surface area contributed by atoms with Crippen LogP contribution in [-0.2, 0) is 14.3 Å². The molecule has 3 rings (SSSR count). The zero-order valence-electron chi connectivity index (χ0n) is 15.0. The minimum Gasteiger partial charge on any atom is -0.507 e. The van der Waals surface area contributed by atoms with Gasteiger partial charge in [0.15, 0.2) is 0 Å². The molecule has 2 aromatic rings. The van der Waals surface area contributed by atoms with E-state index in [2.05, 4.69) is 0 Å². The fourth-order valence-electron chi connectivity index (χ4n) is 3.18. The lowest BCUT2D eigenvalue weighted by molar-refractivity contribution is -0.140. The highest BCUT2D eigenvalue weighted by Crippen LogP contribution is 2.39. The van der Waals surface area contributed by atoms with Gasteiger partial charge in [-0.1, -0.05) is 54.1 Å². The second kappa shape index (κ2) is 9.01. The van der Waals surface area contributed by atoms with Crippen molar-refractivity contribution in [1.29, 1.82) is 0 Å². The van der Waals surface area contributed by atoms with Crippen LogP contribution in [0.25, 0.3) is 5.76 Å². The van der Waals surface area contributed by atoms with Crippen LogP contribution >= 0.6 is 11.6 Å². The normalized spacial score (nSPS) is 18.6. The van der Waals surface area contributed by atoms with Gasteiger partial charge in [0.1, 0.15) is 5.76 Å². The van der Waals surface area contributed by atoms with Gasteiger partial charge in [0, 0.05) is 17.1 Å². The van der Waals surface area contributed by atoms with Crippen LogP contribution in [0.5, 0.6) is 0 Å². The molecule has 2 N–H and O–H groups in total. The number of ketones is 1. The van der Waals surface area contributed by atoms with Crippen LogP contribution in [0.1, 0.15) is 17.2 Å². The molecule has 0 saturated carbocycles. The second-order valence-corrected chi connectivity index (χ2v) is 6.68. The molecular weight excluding hydrogens is 382 g/mol. The first-order valence-corrected chi connectivity index (χ1v) is 9.20. The smallest absolute Gasteiger partial charge is 0.295 e. The van der Waals surface area contributed by atoms with Crippen molar-refractivity contribution in [1.82, 2.24) is 4.90 Å². The first-order chi connectivity index (χ1) is 13.5. The van der Waals surface area contributed by atoms with E-state index in [0.717, 1.165) is 0 Å². The van der Waals surface area contributed by atoms with E-state index in [-0.39, 0.29) is 37.7 Å². The number of nitrogens with zero attached hydrogens (tertiary/aromatic N) is 1. The van der Waals surface area contributed by atoms with Gasteiger partial charge in [0.25, 0.3) is 11.7 Å². The zero-order valence-corrected chi connectivity index (χ0v) is 15.8. The number of aliphatic hydroxyl groups is 2. The third-order valence-corrected chi connectivity index (χ3v) is 4.74. The summed E-state index contributed by atoms with van der Waals surface area (Å²) in [5, 5.41) is 20.2. The third kappa shape index (κ3) is 4.09. The Balaban J connectivity index is 2.04. The molecule has 0 spiro atoms. The van der Waals surface area contributed by atoms with Crippen LogP contribution in [-0.4, -0.2) is 53.2 Å². The summed E-state index contributed by atoms with van der Waals surface area (Å²) in [6, 6.07) is 14.6. The maximum Gasteiger partial charge on any atom is 0.295 e. The maximum absolute atomic E-state index is 12.8. The molecule has 0 bridgehead atoms. The summed E-state index contributed by atoms with van der Waals surface area (Å²) in [7, 11) is 0. The van der Waals surface area contributed by atoms with E-state index < -0.39 is 17.7 Å². The van der Waals surface area contributed by atoms with Crippen molar-refractivity contribution >= 4 is 29.1 Å². The Bertz CT molecular complexity index is 879. The van der Waals surface area contributed by atoms with Crippen molar-refractivity contribution in [2.45, 2.75) is 6.04 Å². The molecule has 1 aliphatic rings. The quantitative estimate of drug-likeness (QED) is 0.322. The van der Waals surface area contributed by atoms with E-state index in [1.807, 2.05) is 0 Å². The summed E-state index contributed by atoms with van der Waals surface area (Å²) >= 11 is 5.97. The number of hydrogen-bond acceptors (Lipinski definition) is 5. The molecule has 1 unspecified atom stereocenters. The lowest BCUT2D eigenvalue weighted by Crippen LogP contribution is -2.33. The Kier molecular flexibility index (Phi) is 6.46. The largest absolute Gasteiger partial charge is 0.507 e. The van der Waals surface area contributed by atoms with E-state index in [1.165, 1.54) is 4.90 Å². The maximum atomic E-state index is 12.8. The minimum atomic E-state index is -0.754. The Morgan fingerprint density at radius 3 is 2.36 bits per heavy atom. The van der Waals surface area contributed by atoms with Gasteiger partial charge in [0.05, 0.1) is 31.4 Å². The number of rotatable bonds is 7. The molecule has 0 radical (unpaired) electrons. The van der Waals surface area contributed by atoms with Crippen molar-refractivity contribution in [2.24, 2.45) is 0 Å². The van der Waals surface area contributed by atoms with E-state index in [0.29, 0.717) is 16.1 Å². The summed E-state index contributed by atoms with van der Waals surface area (Å²) in [5.41, 5.74) is 1.14. The lowest BCUT2D eigenvalue weighted by Gasteiger charge is -2.25. The highest BCUT2D eigenvalue weighted by Gasteiger charge is 2.45. The van der Waals surface area contributed by atoms with Crippen LogP contribution < -0.4 is 0 Å². The van der Waals surface area contributed by atoms with Crippen LogP contribution in [0.15, 0.2) is 60.2 Å². The Morgan fingerprint density at radius 2 is 1.71 bits per heavy atom. The molecule has 1 atom stereocenters. The molecule has 1 saturated heterocycles. The number of hydrogen-bond donors (Lipinski definition) is 2. The van der Waals surface area contributed by atoms with Crippen LogP contribution in [0, 0.1) is 0 Å². The van der Waals surface area contributed by atoms with Gasteiger partial charge >= 0.3 is 0 Å².